The van der Waals surface area contributed by atoms with Gasteiger partial charge >= 0.3 is 0 Å². The summed E-state index contributed by atoms with van der Waals surface area (Å²) in [5, 5.41) is 0. The Morgan fingerprint density at radius 3 is 2.54 bits per heavy atom. The summed E-state index contributed by atoms with van der Waals surface area (Å²) < 4.78 is 23.9. The summed E-state index contributed by atoms with van der Waals surface area (Å²) in [6.07, 6.45) is -0.806. The van der Waals surface area contributed by atoms with E-state index in [1.807, 2.05) is 0 Å². The number of carbonyl (C=O) groups excluding carboxylic acids is 1. The lowest BCUT2D eigenvalue weighted by atomic mass is 10.3. The van der Waals surface area contributed by atoms with Crippen molar-refractivity contribution in [2.24, 2.45) is 5.73 Å². The van der Waals surface area contributed by atoms with Crippen LogP contribution in [0.5, 0.6) is 0 Å². The molecular weight excluding hydrogens is 180 g/mol. The fourth-order valence-corrected chi connectivity index (χ4v) is 0.699. The molecule has 0 spiro atoms. The second-order valence-electron chi connectivity index (χ2n) is 2.25. The fourth-order valence-electron chi connectivity index (χ4n) is 0.699. The van der Waals surface area contributed by atoms with Crippen molar-refractivity contribution >= 4 is 5.78 Å². The molecule has 6 heteroatoms. The molecule has 1 aromatic rings. The predicted molar refractivity (Wildman–Crippen MR) is 40.4 cm³/mol. The Morgan fingerprint density at radius 2 is 2.15 bits per heavy atom. The normalized spacial score (nSPS) is 10.5. The van der Waals surface area contributed by atoms with Gasteiger partial charge < -0.3 is 5.73 Å². The van der Waals surface area contributed by atoms with E-state index < -0.39 is 17.9 Å². The first kappa shape index (κ1) is 9.66. The van der Waals surface area contributed by atoms with Gasteiger partial charge in [-0.1, -0.05) is 0 Å². The maximum atomic E-state index is 12.0. The number of carbonyl (C=O) groups is 1. The first-order valence-corrected chi connectivity index (χ1v) is 3.48. The highest BCUT2D eigenvalue weighted by molar-refractivity contribution is 5.95. The van der Waals surface area contributed by atoms with E-state index in [0.717, 1.165) is 12.4 Å². The van der Waals surface area contributed by atoms with E-state index in [0.29, 0.717) is 0 Å². The highest BCUT2D eigenvalue weighted by atomic mass is 19.3. The van der Waals surface area contributed by atoms with Crippen LogP contribution >= 0.6 is 0 Å². The molecule has 2 N–H and O–H groups in total. The molecule has 1 aromatic heterocycles. The van der Waals surface area contributed by atoms with E-state index in [9.17, 15) is 13.6 Å². The lowest BCUT2D eigenvalue weighted by Gasteiger charge is -1.98. The molecule has 1 heterocycles. The molecule has 0 aliphatic rings. The van der Waals surface area contributed by atoms with Crippen LogP contribution in [0.2, 0.25) is 0 Å². The van der Waals surface area contributed by atoms with Gasteiger partial charge in [-0.3, -0.25) is 9.78 Å². The van der Waals surface area contributed by atoms with Crippen LogP contribution in [0.3, 0.4) is 0 Å². The number of hydrogen-bond acceptors (Lipinski definition) is 4. The largest absolute Gasteiger partial charge is 0.324 e. The van der Waals surface area contributed by atoms with Crippen molar-refractivity contribution < 1.29 is 13.6 Å². The van der Waals surface area contributed by atoms with Crippen LogP contribution in [-0.4, -0.2) is 22.3 Å². The second-order valence-corrected chi connectivity index (χ2v) is 2.25. The van der Waals surface area contributed by atoms with E-state index in [1.165, 1.54) is 0 Å². The topological polar surface area (TPSA) is 68.9 Å². The first-order chi connectivity index (χ1) is 6.15. The lowest BCUT2D eigenvalue weighted by molar-refractivity contribution is 0.0995. The van der Waals surface area contributed by atoms with Gasteiger partial charge in [-0.25, -0.2) is 13.8 Å². The van der Waals surface area contributed by atoms with Gasteiger partial charge in [0.2, 0.25) is 0 Å². The molecule has 0 atom stereocenters. The summed E-state index contributed by atoms with van der Waals surface area (Å²) in [6, 6.07) is 0. The zero-order valence-corrected chi connectivity index (χ0v) is 6.58. The number of hydrogen-bond donors (Lipinski definition) is 1. The zero-order chi connectivity index (χ0) is 9.84. The average molecular weight is 187 g/mol. The second kappa shape index (κ2) is 3.99. The number of nitrogens with two attached hydrogens (primary N) is 1. The van der Waals surface area contributed by atoms with Crippen molar-refractivity contribution in [3.05, 3.63) is 23.8 Å². The van der Waals surface area contributed by atoms with Crippen LogP contribution in [0.1, 0.15) is 22.6 Å². The third kappa shape index (κ3) is 2.25. The highest BCUT2D eigenvalue weighted by Gasteiger charge is 2.11. The number of ketones is 1. The summed E-state index contributed by atoms with van der Waals surface area (Å²) >= 11 is 0. The Bertz CT molecular complexity index is 299. The van der Waals surface area contributed by atoms with Crippen molar-refractivity contribution in [2.75, 3.05) is 6.54 Å². The molecule has 0 aromatic carbocycles. The molecule has 0 unspecified atom stereocenters. The molecule has 0 bridgehead atoms. The molecule has 0 amide bonds. The molecule has 13 heavy (non-hydrogen) atoms. The molecular formula is C7H7F2N3O. The Balaban J connectivity index is 2.87. The molecule has 0 fully saturated rings. The van der Waals surface area contributed by atoms with Crippen LogP contribution in [0, 0.1) is 0 Å². The highest BCUT2D eigenvalue weighted by Crippen LogP contribution is 2.14. The van der Waals surface area contributed by atoms with Gasteiger partial charge in [-0.05, 0) is 0 Å². The Labute approximate surface area is 72.8 Å². The van der Waals surface area contributed by atoms with E-state index in [2.05, 4.69) is 9.97 Å². The molecule has 0 saturated carbocycles. The monoisotopic (exact) mass is 187 g/mol. The number of halogens is 2. The molecule has 1 rings (SSSR count). The van der Waals surface area contributed by atoms with Crippen LogP contribution in [0.25, 0.3) is 0 Å². The van der Waals surface area contributed by atoms with E-state index in [-0.39, 0.29) is 12.2 Å². The third-order valence-electron chi connectivity index (χ3n) is 1.37. The maximum absolute atomic E-state index is 12.0. The Morgan fingerprint density at radius 1 is 1.46 bits per heavy atom. The number of alkyl halides is 2. The van der Waals surface area contributed by atoms with Gasteiger partial charge in [0.05, 0.1) is 18.9 Å². The summed E-state index contributed by atoms with van der Waals surface area (Å²) in [5.41, 5.74) is 4.59. The van der Waals surface area contributed by atoms with Crippen molar-refractivity contribution in [3.8, 4) is 0 Å². The number of aromatic nitrogens is 2. The van der Waals surface area contributed by atoms with E-state index >= 15 is 0 Å². The van der Waals surface area contributed by atoms with Crippen molar-refractivity contribution in [2.45, 2.75) is 6.43 Å². The van der Waals surface area contributed by atoms with Crippen molar-refractivity contribution in [1.29, 1.82) is 0 Å². The van der Waals surface area contributed by atoms with E-state index in [4.69, 9.17) is 5.73 Å². The third-order valence-corrected chi connectivity index (χ3v) is 1.37. The van der Waals surface area contributed by atoms with Gasteiger partial charge in [-0.15, -0.1) is 0 Å². The smallest absolute Gasteiger partial charge is 0.281 e. The van der Waals surface area contributed by atoms with Gasteiger partial charge in [0.25, 0.3) is 6.43 Å². The molecule has 0 radical (unpaired) electrons. The molecule has 70 valence electrons. The van der Waals surface area contributed by atoms with Gasteiger partial charge in [0.15, 0.2) is 5.78 Å². The fraction of sp³-hybridized carbons (Fsp3) is 0.286. The first-order valence-electron chi connectivity index (χ1n) is 3.48. The number of rotatable bonds is 3. The number of nitrogens with zero attached hydrogens (tertiary/aromatic N) is 2. The van der Waals surface area contributed by atoms with Crippen LogP contribution < -0.4 is 5.73 Å². The van der Waals surface area contributed by atoms with Gasteiger partial charge in [0, 0.05) is 0 Å². The number of Topliss-reactive ketones (excluding diaryl/α,β-unsaturated/α-hetero) is 1. The van der Waals surface area contributed by atoms with Crippen LogP contribution in [0.15, 0.2) is 12.4 Å². The van der Waals surface area contributed by atoms with E-state index in [1.54, 1.807) is 0 Å². The lowest BCUT2D eigenvalue weighted by Crippen LogP contribution is -2.15. The Kier molecular flexibility index (Phi) is 2.97. The SMILES string of the molecule is NCC(=O)c1cnc(C(F)F)cn1. The maximum Gasteiger partial charge on any atom is 0.281 e. The predicted octanol–water partition coefficient (Wildman–Crippen LogP) is 0.556. The summed E-state index contributed by atoms with van der Waals surface area (Å²) in [6.45, 7) is -0.206. The van der Waals surface area contributed by atoms with Crippen molar-refractivity contribution in [1.82, 2.24) is 9.97 Å². The molecule has 0 aliphatic carbocycles. The van der Waals surface area contributed by atoms with Crippen molar-refractivity contribution in [3.63, 3.8) is 0 Å². The summed E-state index contributed by atoms with van der Waals surface area (Å²) in [5.74, 6) is -0.423. The molecule has 0 aliphatic heterocycles. The standard InChI is InChI=1S/C7H7F2N3O/c8-7(9)5-3-11-4(2-12-5)6(13)1-10/h2-3,7H,1,10H2. The average Bonchev–Trinajstić information content (AvgIpc) is 2.17. The van der Waals surface area contributed by atoms with Gasteiger partial charge in [-0.2, -0.15) is 0 Å². The van der Waals surface area contributed by atoms with Gasteiger partial charge in [0.1, 0.15) is 11.4 Å². The van der Waals surface area contributed by atoms with Crippen LogP contribution in [0.4, 0.5) is 8.78 Å². The summed E-state index contributed by atoms with van der Waals surface area (Å²) in [4.78, 5) is 17.7. The minimum atomic E-state index is -2.67. The summed E-state index contributed by atoms with van der Waals surface area (Å²) in [7, 11) is 0. The molecule has 4 nitrogen and oxygen atoms in total. The zero-order valence-electron chi connectivity index (χ0n) is 6.58. The quantitative estimate of drug-likeness (QED) is 0.702. The minimum absolute atomic E-state index is 0.00639. The Hall–Kier alpha value is -1.43. The van der Waals surface area contributed by atoms with Crippen LogP contribution in [-0.2, 0) is 0 Å². The minimum Gasteiger partial charge on any atom is -0.324 e. The molecule has 0 saturated heterocycles.